The average molecular weight is 374 g/mol. The number of rotatable bonds is 6. The third-order valence-corrected chi connectivity index (χ3v) is 5.14. The molecule has 134 valence electrons. The van der Waals surface area contributed by atoms with E-state index in [9.17, 15) is 4.79 Å². The van der Waals surface area contributed by atoms with Gasteiger partial charge in [-0.25, -0.2) is 4.98 Å². The van der Waals surface area contributed by atoms with Gasteiger partial charge in [0.1, 0.15) is 17.4 Å². The summed E-state index contributed by atoms with van der Waals surface area (Å²) in [4.78, 5) is 17.1. The van der Waals surface area contributed by atoms with Crippen molar-refractivity contribution in [3.05, 3.63) is 84.4 Å². The molecule has 1 heterocycles. The second-order valence-corrected chi connectivity index (χ2v) is 7.02. The fourth-order valence-electron chi connectivity index (χ4n) is 2.72. The van der Waals surface area contributed by atoms with Gasteiger partial charge in [-0.15, -0.1) is 11.3 Å². The van der Waals surface area contributed by atoms with Gasteiger partial charge in [0.05, 0.1) is 16.8 Å². The first-order chi connectivity index (χ1) is 13.3. The molecule has 5 heteroatoms. The van der Waals surface area contributed by atoms with Gasteiger partial charge in [0.15, 0.2) is 0 Å². The Morgan fingerprint density at radius 3 is 2.48 bits per heavy atom. The lowest BCUT2D eigenvalue weighted by atomic mass is 10.2. The molecule has 0 saturated heterocycles. The number of hydrogen-bond donors (Lipinski definition) is 1. The SMILES string of the molecule is O=C(NCCOc1ccccc1)c1ccc2nc(-c3ccccc3)sc2c1. The van der Waals surface area contributed by atoms with Crippen molar-refractivity contribution >= 4 is 27.5 Å². The molecule has 0 radical (unpaired) electrons. The number of nitrogens with one attached hydrogen (secondary N) is 1. The Labute approximate surface area is 161 Å². The largest absolute Gasteiger partial charge is 0.492 e. The zero-order chi connectivity index (χ0) is 18.5. The summed E-state index contributed by atoms with van der Waals surface area (Å²) >= 11 is 1.59. The molecular formula is C22H18N2O2S. The lowest BCUT2D eigenvalue weighted by Crippen LogP contribution is -2.28. The highest BCUT2D eigenvalue weighted by atomic mass is 32.1. The summed E-state index contributed by atoms with van der Waals surface area (Å²) in [7, 11) is 0. The number of thiazole rings is 1. The highest BCUT2D eigenvalue weighted by molar-refractivity contribution is 7.21. The molecule has 1 aromatic heterocycles. The minimum atomic E-state index is -0.108. The van der Waals surface area contributed by atoms with Gasteiger partial charge >= 0.3 is 0 Å². The van der Waals surface area contributed by atoms with Crippen LogP contribution in [0.25, 0.3) is 20.8 Å². The molecule has 27 heavy (non-hydrogen) atoms. The van der Waals surface area contributed by atoms with Crippen LogP contribution in [0.1, 0.15) is 10.4 Å². The average Bonchev–Trinajstić information content (AvgIpc) is 3.16. The number of ether oxygens (including phenoxy) is 1. The number of para-hydroxylation sites is 1. The van der Waals surface area contributed by atoms with Crippen LogP contribution >= 0.6 is 11.3 Å². The molecule has 0 atom stereocenters. The van der Waals surface area contributed by atoms with E-state index >= 15 is 0 Å². The predicted molar refractivity (Wildman–Crippen MR) is 109 cm³/mol. The Bertz CT molecular complexity index is 1050. The summed E-state index contributed by atoms with van der Waals surface area (Å²) in [6.07, 6.45) is 0. The minimum absolute atomic E-state index is 0.108. The number of benzene rings is 3. The molecule has 4 rings (SSSR count). The van der Waals surface area contributed by atoms with Crippen LogP contribution in [0.3, 0.4) is 0 Å². The van der Waals surface area contributed by atoms with E-state index in [1.165, 1.54) is 0 Å². The van der Waals surface area contributed by atoms with Crippen LogP contribution in [0.5, 0.6) is 5.75 Å². The lowest BCUT2D eigenvalue weighted by molar-refractivity contribution is 0.0947. The summed E-state index contributed by atoms with van der Waals surface area (Å²) in [6, 6.07) is 25.2. The number of carbonyl (C=O) groups is 1. The van der Waals surface area contributed by atoms with E-state index in [-0.39, 0.29) is 5.91 Å². The molecule has 0 fully saturated rings. The van der Waals surface area contributed by atoms with E-state index in [0.29, 0.717) is 18.7 Å². The maximum absolute atomic E-state index is 12.4. The molecule has 0 bridgehead atoms. The number of fused-ring (bicyclic) bond motifs is 1. The first kappa shape index (κ1) is 17.2. The van der Waals surface area contributed by atoms with E-state index in [4.69, 9.17) is 4.74 Å². The zero-order valence-electron chi connectivity index (χ0n) is 14.6. The molecule has 1 amide bonds. The molecular weight excluding hydrogens is 356 g/mol. The van der Waals surface area contributed by atoms with Crippen LogP contribution in [-0.4, -0.2) is 24.0 Å². The monoisotopic (exact) mass is 374 g/mol. The fourth-order valence-corrected chi connectivity index (χ4v) is 3.73. The van der Waals surface area contributed by atoms with Crippen molar-refractivity contribution in [3.8, 4) is 16.3 Å². The first-order valence-electron chi connectivity index (χ1n) is 8.72. The van der Waals surface area contributed by atoms with Crippen molar-refractivity contribution in [1.29, 1.82) is 0 Å². The number of hydrogen-bond acceptors (Lipinski definition) is 4. The molecule has 0 spiro atoms. The number of nitrogens with zero attached hydrogens (tertiary/aromatic N) is 1. The van der Waals surface area contributed by atoms with Crippen LogP contribution in [0, 0.1) is 0 Å². The van der Waals surface area contributed by atoms with Crippen LogP contribution in [0.4, 0.5) is 0 Å². The molecule has 3 aromatic carbocycles. The molecule has 4 aromatic rings. The van der Waals surface area contributed by atoms with E-state index in [1.807, 2.05) is 78.9 Å². The predicted octanol–water partition coefficient (Wildman–Crippen LogP) is 4.77. The van der Waals surface area contributed by atoms with Crippen molar-refractivity contribution < 1.29 is 9.53 Å². The van der Waals surface area contributed by atoms with Crippen molar-refractivity contribution in [2.45, 2.75) is 0 Å². The van der Waals surface area contributed by atoms with E-state index < -0.39 is 0 Å². The van der Waals surface area contributed by atoms with E-state index in [2.05, 4.69) is 10.3 Å². The van der Waals surface area contributed by atoms with E-state index in [0.717, 1.165) is 26.5 Å². The molecule has 0 aliphatic carbocycles. The third kappa shape index (κ3) is 4.15. The van der Waals surface area contributed by atoms with Crippen LogP contribution in [0.2, 0.25) is 0 Å². The van der Waals surface area contributed by atoms with Gasteiger partial charge in [-0.05, 0) is 30.3 Å². The normalized spacial score (nSPS) is 10.7. The Morgan fingerprint density at radius 1 is 0.963 bits per heavy atom. The van der Waals surface area contributed by atoms with Gasteiger partial charge in [0.2, 0.25) is 0 Å². The number of amides is 1. The topological polar surface area (TPSA) is 51.2 Å². The second kappa shape index (κ2) is 8.01. The first-order valence-corrected chi connectivity index (χ1v) is 9.53. The number of aromatic nitrogens is 1. The third-order valence-electron chi connectivity index (χ3n) is 4.07. The van der Waals surface area contributed by atoms with Gasteiger partial charge < -0.3 is 10.1 Å². The Kier molecular flexibility index (Phi) is 5.12. The number of carbonyl (C=O) groups excluding carboxylic acids is 1. The second-order valence-electron chi connectivity index (χ2n) is 5.98. The summed E-state index contributed by atoms with van der Waals surface area (Å²) < 4.78 is 6.59. The molecule has 0 unspecified atom stereocenters. The standard InChI is InChI=1S/C22H18N2O2S/c25-21(23-13-14-26-18-9-5-2-6-10-18)17-11-12-19-20(15-17)27-22(24-19)16-7-3-1-4-8-16/h1-12,15H,13-14H2,(H,23,25). The summed E-state index contributed by atoms with van der Waals surface area (Å²) in [5.74, 6) is 0.689. The minimum Gasteiger partial charge on any atom is -0.492 e. The van der Waals surface area contributed by atoms with Crippen molar-refractivity contribution in [1.82, 2.24) is 10.3 Å². The van der Waals surface area contributed by atoms with Crippen LogP contribution in [0.15, 0.2) is 78.9 Å². The molecule has 0 aliphatic rings. The van der Waals surface area contributed by atoms with Gasteiger partial charge in [-0.1, -0.05) is 48.5 Å². The molecule has 0 aliphatic heterocycles. The van der Waals surface area contributed by atoms with Gasteiger partial charge in [0.25, 0.3) is 5.91 Å². The quantitative estimate of drug-likeness (QED) is 0.495. The highest BCUT2D eigenvalue weighted by Gasteiger charge is 2.10. The summed E-state index contributed by atoms with van der Waals surface area (Å²) in [5.41, 5.74) is 2.62. The van der Waals surface area contributed by atoms with Gasteiger partial charge in [-0.3, -0.25) is 4.79 Å². The maximum Gasteiger partial charge on any atom is 0.251 e. The van der Waals surface area contributed by atoms with Gasteiger partial charge in [0, 0.05) is 11.1 Å². The summed E-state index contributed by atoms with van der Waals surface area (Å²) in [6.45, 7) is 0.875. The van der Waals surface area contributed by atoms with Crippen molar-refractivity contribution in [3.63, 3.8) is 0 Å². The molecule has 1 N–H and O–H groups in total. The maximum atomic E-state index is 12.4. The van der Waals surface area contributed by atoms with Crippen LogP contribution < -0.4 is 10.1 Å². The Morgan fingerprint density at radius 2 is 1.70 bits per heavy atom. The Hall–Kier alpha value is -3.18. The fraction of sp³-hybridized carbons (Fsp3) is 0.0909. The van der Waals surface area contributed by atoms with Crippen molar-refractivity contribution in [2.75, 3.05) is 13.2 Å². The smallest absolute Gasteiger partial charge is 0.251 e. The molecule has 4 nitrogen and oxygen atoms in total. The van der Waals surface area contributed by atoms with Gasteiger partial charge in [-0.2, -0.15) is 0 Å². The lowest BCUT2D eigenvalue weighted by Gasteiger charge is -2.07. The zero-order valence-corrected chi connectivity index (χ0v) is 15.4. The van der Waals surface area contributed by atoms with Crippen molar-refractivity contribution in [2.24, 2.45) is 0 Å². The van der Waals surface area contributed by atoms with E-state index in [1.54, 1.807) is 11.3 Å². The molecule has 0 saturated carbocycles. The summed E-state index contributed by atoms with van der Waals surface area (Å²) in [5, 5.41) is 3.85. The highest BCUT2D eigenvalue weighted by Crippen LogP contribution is 2.30. The Balaban J connectivity index is 1.40. The van der Waals surface area contributed by atoms with Crippen LogP contribution in [-0.2, 0) is 0 Å².